The number of hydrogen-bond acceptors (Lipinski definition) is 5. The molecule has 0 radical (unpaired) electrons. The Morgan fingerprint density at radius 2 is 1.84 bits per heavy atom. The number of methoxy groups -OCH3 is 1. The van der Waals surface area contributed by atoms with Crippen molar-refractivity contribution in [2.45, 2.75) is 89.1 Å². The van der Waals surface area contributed by atoms with Crippen molar-refractivity contribution in [2.75, 3.05) is 7.11 Å². The second kappa shape index (κ2) is 15.0. The van der Waals surface area contributed by atoms with Gasteiger partial charge in [0.1, 0.15) is 5.75 Å². The van der Waals surface area contributed by atoms with E-state index in [2.05, 4.69) is 28.5 Å². The third kappa shape index (κ3) is 8.78. The molecule has 37 heavy (non-hydrogen) atoms. The molecule has 1 aromatic heterocycles. The van der Waals surface area contributed by atoms with Gasteiger partial charge in [-0.1, -0.05) is 87.0 Å². The number of carbonyl (C=O) groups excluding carboxylic acids is 1. The number of amides is 1. The third-order valence-corrected chi connectivity index (χ3v) is 7.58. The minimum Gasteiger partial charge on any atom is -0.497 e. The second-order valence-corrected chi connectivity index (χ2v) is 10.8. The van der Waals surface area contributed by atoms with Crippen molar-refractivity contribution >= 4 is 29.3 Å². The molecule has 0 bridgehead atoms. The lowest BCUT2D eigenvalue weighted by atomic mass is 10.1. The molecule has 0 aliphatic heterocycles. The molecule has 200 valence electrons. The Kier molecular flexibility index (Phi) is 11.8. The van der Waals surface area contributed by atoms with Crippen LogP contribution in [-0.2, 0) is 10.5 Å². The minimum absolute atomic E-state index is 0.0454. The second-order valence-electron chi connectivity index (χ2n) is 9.41. The molecule has 3 aromatic rings. The Hall–Kier alpha value is -2.51. The highest BCUT2D eigenvalue weighted by Crippen LogP contribution is 2.31. The van der Waals surface area contributed by atoms with E-state index in [1.165, 1.54) is 32.1 Å². The van der Waals surface area contributed by atoms with E-state index in [9.17, 15) is 4.79 Å². The van der Waals surface area contributed by atoms with Crippen LogP contribution in [0, 0.1) is 6.92 Å². The highest BCUT2D eigenvalue weighted by Gasteiger charge is 2.22. The largest absolute Gasteiger partial charge is 0.497 e. The number of thioether (sulfide) groups is 1. The summed E-state index contributed by atoms with van der Waals surface area (Å²) in [5.74, 6) is 2.26. The van der Waals surface area contributed by atoms with E-state index in [1.54, 1.807) is 18.9 Å². The van der Waals surface area contributed by atoms with Crippen LogP contribution in [0.25, 0.3) is 5.69 Å². The number of hydrogen-bond donors (Lipinski definition) is 1. The summed E-state index contributed by atoms with van der Waals surface area (Å²) in [6, 6.07) is 13.5. The molecule has 3 rings (SSSR count). The summed E-state index contributed by atoms with van der Waals surface area (Å²) in [4.78, 5) is 12.7. The van der Waals surface area contributed by atoms with Crippen molar-refractivity contribution in [1.82, 2.24) is 20.1 Å². The number of aryl methyl sites for hydroxylation is 1. The molecule has 0 saturated heterocycles. The molecule has 0 saturated carbocycles. The number of carbonyl (C=O) groups is 1. The summed E-state index contributed by atoms with van der Waals surface area (Å²) in [7, 11) is 1.67. The van der Waals surface area contributed by atoms with Crippen LogP contribution in [0.15, 0.2) is 47.6 Å². The quantitative estimate of drug-likeness (QED) is 0.156. The van der Waals surface area contributed by atoms with Crippen molar-refractivity contribution in [3.63, 3.8) is 0 Å². The van der Waals surface area contributed by atoms with Gasteiger partial charge in [0.15, 0.2) is 11.0 Å². The van der Waals surface area contributed by atoms with Crippen LogP contribution in [0.1, 0.15) is 88.2 Å². The average molecular weight is 543 g/mol. The van der Waals surface area contributed by atoms with Gasteiger partial charge < -0.3 is 10.1 Å². The maximum atomic E-state index is 12.7. The van der Waals surface area contributed by atoms with Crippen molar-refractivity contribution in [1.29, 1.82) is 0 Å². The van der Waals surface area contributed by atoms with Crippen molar-refractivity contribution in [2.24, 2.45) is 0 Å². The van der Waals surface area contributed by atoms with Crippen LogP contribution in [0.2, 0.25) is 5.02 Å². The number of halogens is 1. The molecule has 6 nitrogen and oxygen atoms in total. The molecular formula is C29H39ClN4O2S. The molecule has 1 atom stereocenters. The standard InChI is InChI=1S/C29H39ClN4O2S/c1-5-6-7-8-9-10-11-15-27(35)31-22(3)28-32-33-29(34(28)26-19-24(30)17-16-21(26)2)37-20-23-13-12-14-25(18-23)36-4/h12-14,16-19,22H,5-11,15,20H2,1-4H3,(H,31,35). The van der Waals surface area contributed by atoms with Gasteiger partial charge in [-0.15, -0.1) is 10.2 Å². The van der Waals surface area contributed by atoms with Gasteiger partial charge in [-0.2, -0.15) is 0 Å². The highest BCUT2D eigenvalue weighted by molar-refractivity contribution is 7.98. The SMILES string of the molecule is CCCCCCCCCC(=O)NC(C)c1nnc(SCc2cccc(OC)c2)n1-c1cc(Cl)ccc1C. The maximum Gasteiger partial charge on any atom is 0.220 e. The minimum atomic E-state index is -0.297. The van der Waals surface area contributed by atoms with E-state index < -0.39 is 0 Å². The van der Waals surface area contributed by atoms with E-state index in [0.717, 1.165) is 40.6 Å². The van der Waals surface area contributed by atoms with Gasteiger partial charge >= 0.3 is 0 Å². The lowest BCUT2D eigenvalue weighted by molar-refractivity contribution is -0.121. The first-order valence-electron chi connectivity index (χ1n) is 13.2. The predicted molar refractivity (Wildman–Crippen MR) is 153 cm³/mol. The number of benzene rings is 2. The number of aromatic nitrogens is 3. The summed E-state index contributed by atoms with van der Waals surface area (Å²) in [6.45, 7) is 6.22. The molecule has 0 aliphatic rings. The topological polar surface area (TPSA) is 69.0 Å². The van der Waals surface area contributed by atoms with Gasteiger partial charge in [0.2, 0.25) is 5.91 Å². The predicted octanol–water partition coefficient (Wildman–Crippen LogP) is 7.85. The summed E-state index contributed by atoms with van der Waals surface area (Å²) in [5.41, 5.74) is 3.09. The van der Waals surface area contributed by atoms with Gasteiger partial charge in [-0.25, -0.2) is 0 Å². The fraction of sp³-hybridized carbons (Fsp3) is 0.483. The Bertz CT molecular complexity index is 1150. The first kappa shape index (κ1) is 29.1. The first-order chi connectivity index (χ1) is 17.9. The van der Waals surface area contributed by atoms with Gasteiger partial charge in [0.25, 0.3) is 0 Å². The lowest BCUT2D eigenvalue weighted by Crippen LogP contribution is -2.28. The van der Waals surface area contributed by atoms with E-state index in [1.807, 2.05) is 54.8 Å². The molecule has 1 amide bonds. The maximum absolute atomic E-state index is 12.7. The zero-order valence-corrected chi connectivity index (χ0v) is 24.0. The monoisotopic (exact) mass is 542 g/mol. The van der Waals surface area contributed by atoms with Gasteiger partial charge in [-0.3, -0.25) is 9.36 Å². The number of nitrogens with zero attached hydrogens (tertiary/aromatic N) is 3. The Labute approximate surface area is 230 Å². The summed E-state index contributed by atoms with van der Waals surface area (Å²) in [5, 5.41) is 13.5. The van der Waals surface area contributed by atoms with E-state index >= 15 is 0 Å². The zero-order chi connectivity index (χ0) is 26.6. The van der Waals surface area contributed by atoms with Crippen molar-refractivity contribution in [3.8, 4) is 11.4 Å². The molecule has 1 N–H and O–H groups in total. The summed E-state index contributed by atoms with van der Waals surface area (Å²) < 4.78 is 7.38. The van der Waals surface area contributed by atoms with Crippen LogP contribution in [-0.4, -0.2) is 27.8 Å². The van der Waals surface area contributed by atoms with Crippen LogP contribution in [0.3, 0.4) is 0 Å². The van der Waals surface area contributed by atoms with Gasteiger partial charge in [0.05, 0.1) is 18.8 Å². The van der Waals surface area contributed by atoms with Crippen molar-refractivity contribution in [3.05, 3.63) is 64.4 Å². The molecule has 8 heteroatoms. The molecule has 1 unspecified atom stereocenters. The number of rotatable bonds is 15. The summed E-state index contributed by atoms with van der Waals surface area (Å²) in [6.07, 6.45) is 8.81. The average Bonchev–Trinajstić information content (AvgIpc) is 3.32. The Morgan fingerprint density at radius 1 is 1.08 bits per heavy atom. The zero-order valence-electron chi connectivity index (χ0n) is 22.4. The Morgan fingerprint density at radius 3 is 2.59 bits per heavy atom. The van der Waals surface area contributed by atoms with E-state index in [0.29, 0.717) is 23.0 Å². The smallest absolute Gasteiger partial charge is 0.220 e. The van der Waals surface area contributed by atoms with Crippen LogP contribution >= 0.6 is 23.4 Å². The summed E-state index contributed by atoms with van der Waals surface area (Å²) >= 11 is 7.96. The molecule has 1 heterocycles. The first-order valence-corrected chi connectivity index (χ1v) is 14.6. The highest BCUT2D eigenvalue weighted by atomic mass is 35.5. The van der Waals surface area contributed by atoms with Crippen LogP contribution in [0.5, 0.6) is 5.75 Å². The number of ether oxygens (including phenoxy) is 1. The molecule has 0 fully saturated rings. The normalized spacial score (nSPS) is 11.9. The molecule has 0 spiro atoms. The third-order valence-electron chi connectivity index (χ3n) is 6.34. The Balaban J connectivity index is 1.72. The number of unbranched alkanes of at least 4 members (excludes halogenated alkanes) is 6. The van der Waals surface area contributed by atoms with Crippen LogP contribution in [0.4, 0.5) is 0 Å². The fourth-order valence-electron chi connectivity index (χ4n) is 4.24. The van der Waals surface area contributed by atoms with Crippen molar-refractivity contribution < 1.29 is 9.53 Å². The molecule has 0 aliphatic carbocycles. The molecular weight excluding hydrogens is 504 g/mol. The van der Waals surface area contributed by atoms with E-state index in [-0.39, 0.29) is 11.9 Å². The van der Waals surface area contributed by atoms with Crippen LogP contribution < -0.4 is 10.1 Å². The van der Waals surface area contributed by atoms with Gasteiger partial charge in [0, 0.05) is 17.2 Å². The lowest BCUT2D eigenvalue weighted by Gasteiger charge is -2.18. The van der Waals surface area contributed by atoms with E-state index in [4.69, 9.17) is 16.3 Å². The molecule has 2 aromatic carbocycles. The number of nitrogens with one attached hydrogen (secondary N) is 1. The fourth-order valence-corrected chi connectivity index (χ4v) is 5.30. The van der Waals surface area contributed by atoms with Gasteiger partial charge in [-0.05, 0) is 55.7 Å².